The number of Topliss-reactive ketones (excluding diaryl/α,β-unsaturated/α-hetero) is 1. The van der Waals surface area contributed by atoms with Gasteiger partial charge in [0.15, 0.2) is 5.78 Å². The molecule has 2 N–H and O–H groups in total. The van der Waals surface area contributed by atoms with Crippen molar-refractivity contribution in [2.24, 2.45) is 11.1 Å². The third kappa shape index (κ3) is 4.01. The molecule has 1 unspecified atom stereocenters. The van der Waals surface area contributed by atoms with Gasteiger partial charge in [-0.05, 0) is 48.6 Å². The molecule has 34 heavy (non-hydrogen) atoms. The highest BCUT2D eigenvalue weighted by Crippen LogP contribution is 2.50. The van der Waals surface area contributed by atoms with Crippen LogP contribution in [0.3, 0.4) is 0 Å². The van der Waals surface area contributed by atoms with E-state index in [0.717, 1.165) is 11.3 Å². The van der Waals surface area contributed by atoms with E-state index in [1.54, 1.807) is 17.0 Å². The molecule has 0 fully saturated rings. The molecule has 8 nitrogen and oxygen atoms in total. The summed E-state index contributed by atoms with van der Waals surface area (Å²) in [6.07, 6.45) is 0.921. The molecule has 1 aliphatic carbocycles. The number of carbonyl (C=O) groups excluding carboxylic acids is 1. The van der Waals surface area contributed by atoms with Crippen molar-refractivity contribution >= 4 is 17.2 Å². The molecule has 174 valence electrons. The van der Waals surface area contributed by atoms with Crippen molar-refractivity contribution in [2.45, 2.75) is 39.5 Å². The highest BCUT2D eigenvalue weighted by atomic mass is 16.6. The fourth-order valence-corrected chi connectivity index (χ4v) is 4.78. The molecule has 0 amide bonds. The molecule has 2 aromatic rings. The largest absolute Gasteiger partial charge is 0.494 e. The predicted molar refractivity (Wildman–Crippen MR) is 128 cm³/mol. The summed E-state index contributed by atoms with van der Waals surface area (Å²) in [6.45, 7) is 6.48. The van der Waals surface area contributed by atoms with Crippen LogP contribution in [0.25, 0.3) is 0 Å². The standard InChI is InChI=1S/C26H26N4O4/c1-4-34-19-11-5-16(6-12-19)23-20(15-27)25(28)29(17-7-9-18(10-8-17)30(32)33)21-13-26(2,3)14-22(31)24(21)23/h5-12,23H,4,13-14,28H2,1-3H3. The van der Waals surface area contributed by atoms with E-state index in [9.17, 15) is 20.2 Å². The molecule has 4 rings (SSSR count). The Hall–Kier alpha value is -4.12. The van der Waals surface area contributed by atoms with Crippen LogP contribution in [0, 0.1) is 26.9 Å². The molecule has 0 saturated heterocycles. The first-order valence-corrected chi connectivity index (χ1v) is 11.1. The van der Waals surface area contributed by atoms with E-state index in [1.165, 1.54) is 12.1 Å². The molecule has 0 aromatic heterocycles. The Bertz CT molecular complexity index is 1250. The highest BCUT2D eigenvalue weighted by Gasteiger charge is 2.44. The first-order chi connectivity index (χ1) is 16.2. The second kappa shape index (κ2) is 8.67. The molecular formula is C26H26N4O4. The number of allylic oxidation sites excluding steroid dienone is 3. The van der Waals surface area contributed by atoms with Gasteiger partial charge in [0, 0.05) is 35.5 Å². The number of rotatable bonds is 5. The lowest BCUT2D eigenvalue weighted by Crippen LogP contribution is -2.42. The summed E-state index contributed by atoms with van der Waals surface area (Å²) in [5.41, 5.74) is 9.14. The minimum absolute atomic E-state index is 0.0303. The average Bonchev–Trinajstić information content (AvgIpc) is 2.78. The van der Waals surface area contributed by atoms with Crippen molar-refractivity contribution in [3.63, 3.8) is 0 Å². The van der Waals surface area contributed by atoms with Crippen molar-refractivity contribution in [3.8, 4) is 11.8 Å². The SMILES string of the molecule is CCOc1ccc(C2C(C#N)=C(N)N(c3ccc([N+](=O)[O-])cc3)C3=C2C(=O)CC(C)(C)C3)cc1. The van der Waals surface area contributed by atoms with E-state index in [4.69, 9.17) is 10.5 Å². The van der Waals surface area contributed by atoms with Gasteiger partial charge in [0.05, 0.1) is 29.1 Å². The summed E-state index contributed by atoms with van der Waals surface area (Å²) in [6, 6.07) is 15.6. The molecular weight excluding hydrogens is 432 g/mol. The van der Waals surface area contributed by atoms with Crippen LogP contribution < -0.4 is 15.4 Å². The summed E-state index contributed by atoms with van der Waals surface area (Å²) in [5.74, 6) is 0.306. The van der Waals surface area contributed by atoms with Crippen molar-refractivity contribution in [1.29, 1.82) is 5.26 Å². The molecule has 1 atom stereocenters. The number of nitro groups is 1. The van der Waals surface area contributed by atoms with Crippen LogP contribution >= 0.6 is 0 Å². The smallest absolute Gasteiger partial charge is 0.269 e. The Morgan fingerprint density at radius 2 is 1.82 bits per heavy atom. The lowest BCUT2D eigenvalue weighted by Gasteiger charge is -2.43. The zero-order valence-electron chi connectivity index (χ0n) is 19.4. The number of nitrogens with two attached hydrogens (primary N) is 1. The molecule has 0 radical (unpaired) electrons. The van der Waals surface area contributed by atoms with Gasteiger partial charge in [-0.1, -0.05) is 26.0 Å². The number of ether oxygens (including phenoxy) is 1. The minimum Gasteiger partial charge on any atom is -0.494 e. The number of nitriles is 1. The Balaban J connectivity index is 1.91. The van der Waals surface area contributed by atoms with Gasteiger partial charge < -0.3 is 10.5 Å². The predicted octanol–water partition coefficient (Wildman–Crippen LogP) is 4.93. The maximum absolute atomic E-state index is 13.5. The van der Waals surface area contributed by atoms with Gasteiger partial charge in [0.25, 0.3) is 5.69 Å². The van der Waals surface area contributed by atoms with E-state index >= 15 is 0 Å². The van der Waals surface area contributed by atoms with Gasteiger partial charge in [-0.2, -0.15) is 5.26 Å². The van der Waals surface area contributed by atoms with E-state index < -0.39 is 10.8 Å². The number of ketones is 1. The van der Waals surface area contributed by atoms with Crippen LogP contribution in [-0.4, -0.2) is 17.3 Å². The summed E-state index contributed by atoms with van der Waals surface area (Å²) in [7, 11) is 0. The molecule has 2 aliphatic rings. The normalized spacial score (nSPS) is 19.5. The van der Waals surface area contributed by atoms with Crippen molar-refractivity contribution in [3.05, 3.63) is 86.9 Å². The van der Waals surface area contributed by atoms with Gasteiger partial charge in [0.2, 0.25) is 0 Å². The van der Waals surface area contributed by atoms with Gasteiger partial charge >= 0.3 is 0 Å². The molecule has 8 heteroatoms. The monoisotopic (exact) mass is 458 g/mol. The summed E-state index contributed by atoms with van der Waals surface area (Å²) >= 11 is 0. The number of non-ortho nitro benzene ring substituents is 1. The first kappa shape index (κ1) is 23.1. The number of hydrogen-bond acceptors (Lipinski definition) is 7. The first-order valence-electron chi connectivity index (χ1n) is 11.1. The van der Waals surface area contributed by atoms with E-state index in [0.29, 0.717) is 36.5 Å². The molecule has 1 heterocycles. The number of hydrogen-bond donors (Lipinski definition) is 1. The second-order valence-electron chi connectivity index (χ2n) is 9.26. The Kier molecular flexibility index (Phi) is 5.88. The van der Waals surface area contributed by atoms with E-state index in [-0.39, 0.29) is 28.3 Å². The maximum Gasteiger partial charge on any atom is 0.269 e. The lowest BCUT2D eigenvalue weighted by molar-refractivity contribution is -0.384. The molecule has 0 bridgehead atoms. The maximum atomic E-state index is 13.5. The Labute approximate surface area is 198 Å². The molecule has 1 aliphatic heterocycles. The fourth-order valence-electron chi connectivity index (χ4n) is 4.78. The van der Waals surface area contributed by atoms with Crippen LogP contribution in [0.4, 0.5) is 11.4 Å². The Morgan fingerprint density at radius 3 is 2.38 bits per heavy atom. The van der Waals surface area contributed by atoms with Crippen LogP contribution in [0.1, 0.15) is 45.1 Å². The Morgan fingerprint density at radius 1 is 1.18 bits per heavy atom. The van der Waals surface area contributed by atoms with Gasteiger partial charge in [-0.15, -0.1) is 0 Å². The third-order valence-corrected chi connectivity index (χ3v) is 6.22. The number of nitro benzene ring substituents is 1. The van der Waals surface area contributed by atoms with Gasteiger partial charge in [-0.25, -0.2) is 0 Å². The molecule has 2 aromatic carbocycles. The van der Waals surface area contributed by atoms with E-state index in [1.807, 2.05) is 45.0 Å². The van der Waals surface area contributed by atoms with Crippen LogP contribution in [0.2, 0.25) is 0 Å². The average molecular weight is 459 g/mol. The quantitative estimate of drug-likeness (QED) is 0.497. The number of anilines is 1. The van der Waals surface area contributed by atoms with Crippen LogP contribution in [0.15, 0.2) is 71.2 Å². The topological polar surface area (TPSA) is 122 Å². The number of nitrogens with zero attached hydrogens (tertiary/aromatic N) is 3. The minimum atomic E-state index is -0.589. The number of carbonyl (C=O) groups is 1. The molecule has 0 saturated carbocycles. The lowest BCUT2D eigenvalue weighted by atomic mass is 9.68. The number of benzene rings is 2. The zero-order valence-corrected chi connectivity index (χ0v) is 19.4. The van der Waals surface area contributed by atoms with E-state index in [2.05, 4.69) is 6.07 Å². The second-order valence-corrected chi connectivity index (χ2v) is 9.26. The fraction of sp³-hybridized carbons (Fsp3) is 0.308. The van der Waals surface area contributed by atoms with Gasteiger partial charge in [0.1, 0.15) is 11.6 Å². The van der Waals surface area contributed by atoms with Crippen LogP contribution in [-0.2, 0) is 4.79 Å². The van der Waals surface area contributed by atoms with Crippen molar-refractivity contribution < 1.29 is 14.5 Å². The molecule has 0 spiro atoms. The summed E-state index contributed by atoms with van der Waals surface area (Å²) in [5, 5.41) is 21.3. The summed E-state index contributed by atoms with van der Waals surface area (Å²) in [4.78, 5) is 25.9. The van der Waals surface area contributed by atoms with Crippen LogP contribution in [0.5, 0.6) is 5.75 Å². The zero-order chi connectivity index (χ0) is 24.6. The van der Waals surface area contributed by atoms with Crippen molar-refractivity contribution in [1.82, 2.24) is 0 Å². The van der Waals surface area contributed by atoms with Gasteiger partial charge in [-0.3, -0.25) is 19.8 Å². The third-order valence-electron chi connectivity index (χ3n) is 6.22. The van der Waals surface area contributed by atoms with Crippen molar-refractivity contribution in [2.75, 3.05) is 11.5 Å². The highest BCUT2D eigenvalue weighted by molar-refractivity contribution is 6.01. The summed E-state index contributed by atoms with van der Waals surface area (Å²) < 4.78 is 5.54.